The summed E-state index contributed by atoms with van der Waals surface area (Å²) in [5.41, 5.74) is 2.30. The van der Waals surface area contributed by atoms with Gasteiger partial charge in [0, 0.05) is 30.2 Å². The molecule has 1 aromatic carbocycles. The Morgan fingerprint density at radius 3 is 2.70 bits per heavy atom. The van der Waals surface area contributed by atoms with E-state index in [0.717, 1.165) is 16.5 Å². The van der Waals surface area contributed by atoms with Gasteiger partial charge in [-0.25, -0.2) is 9.97 Å². The Morgan fingerprint density at radius 1 is 1.17 bits per heavy atom. The molecule has 3 rings (SSSR count). The SMILES string of the molecule is CN(Cc1ccc(Cl)nc1)c1cc(C#N)c2cc(Cl)ccc2n1. The van der Waals surface area contributed by atoms with Gasteiger partial charge in [-0.15, -0.1) is 0 Å². The smallest absolute Gasteiger partial charge is 0.130 e. The lowest BCUT2D eigenvalue weighted by molar-refractivity contribution is 0.896. The fraction of sp³-hybridized carbons (Fsp3) is 0.118. The third-order valence-corrected chi connectivity index (χ3v) is 3.94. The van der Waals surface area contributed by atoms with Crippen molar-refractivity contribution in [2.24, 2.45) is 0 Å². The first-order valence-corrected chi connectivity index (χ1v) is 7.64. The van der Waals surface area contributed by atoms with Crippen LogP contribution in [0.15, 0.2) is 42.6 Å². The molecule has 23 heavy (non-hydrogen) atoms. The molecule has 3 aromatic rings. The topological polar surface area (TPSA) is 52.8 Å². The molecule has 0 radical (unpaired) electrons. The molecule has 0 atom stereocenters. The van der Waals surface area contributed by atoms with Crippen LogP contribution in [0.2, 0.25) is 10.2 Å². The Hall–Kier alpha value is -2.35. The van der Waals surface area contributed by atoms with Crippen LogP contribution in [0, 0.1) is 11.3 Å². The minimum Gasteiger partial charge on any atom is -0.355 e. The van der Waals surface area contributed by atoms with Crippen LogP contribution >= 0.6 is 23.2 Å². The van der Waals surface area contributed by atoms with Gasteiger partial charge < -0.3 is 4.90 Å². The number of aromatic nitrogens is 2. The summed E-state index contributed by atoms with van der Waals surface area (Å²) in [5.74, 6) is 0.714. The molecule has 0 bridgehead atoms. The van der Waals surface area contributed by atoms with Gasteiger partial charge in [-0.05, 0) is 35.9 Å². The van der Waals surface area contributed by atoms with Gasteiger partial charge in [0.2, 0.25) is 0 Å². The predicted molar refractivity (Wildman–Crippen MR) is 92.8 cm³/mol. The minimum absolute atomic E-state index is 0.462. The molecular weight excluding hydrogens is 331 g/mol. The van der Waals surface area contributed by atoms with Crippen molar-refractivity contribution in [3.8, 4) is 6.07 Å². The van der Waals surface area contributed by atoms with Gasteiger partial charge >= 0.3 is 0 Å². The predicted octanol–water partition coefficient (Wildman–Crippen LogP) is 4.44. The molecular formula is C17H12Cl2N4. The maximum atomic E-state index is 9.39. The zero-order valence-electron chi connectivity index (χ0n) is 12.3. The van der Waals surface area contributed by atoms with Gasteiger partial charge in [0.05, 0.1) is 17.1 Å². The third-order valence-electron chi connectivity index (χ3n) is 3.48. The van der Waals surface area contributed by atoms with Gasteiger partial charge in [-0.2, -0.15) is 5.26 Å². The van der Waals surface area contributed by atoms with Crippen LogP contribution in [-0.2, 0) is 6.54 Å². The molecule has 2 heterocycles. The summed E-state index contributed by atoms with van der Waals surface area (Å²) in [7, 11) is 1.92. The Bertz CT molecular complexity index is 901. The number of anilines is 1. The summed E-state index contributed by atoms with van der Waals surface area (Å²) in [6.45, 7) is 0.612. The van der Waals surface area contributed by atoms with E-state index in [2.05, 4.69) is 16.0 Å². The van der Waals surface area contributed by atoms with E-state index in [0.29, 0.717) is 28.1 Å². The molecule has 4 nitrogen and oxygen atoms in total. The van der Waals surface area contributed by atoms with Crippen molar-refractivity contribution in [2.75, 3.05) is 11.9 Å². The van der Waals surface area contributed by atoms with Gasteiger partial charge in [0.15, 0.2) is 0 Å². The molecule has 6 heteroatoms. The van der Waals surface area contributed by atoms with E-state index < -0.39 is 0 Å². The molecule has 114 valence electrons. The first-order chi connectivity index (χ1) is 11.1. The zero-order chi connectivity index (χ0) is 16.4. The van der Waals surface area contributed by atoms with Crippen molar-refractivity contribution in [1.82, 2.24) is 9.97 Å². The number of hydrogen-bond acceptors (Lipinski definition) is 4. The number of fused-ring (bicyclic) bond motifs is 1. The summed E-state index contributed by atoms with van der Waals surface area (Å²) in [4.78, 5) is 10.6. The van der Waals surface area contributed by atoms with Crippen LogP contribution in [0.1, 0.15) is 11.1 Å². The second-order valence-electron chi connectivity index (χ2n) is 5.15. The van der Waals surface area contributed by atoms with Crippen molar-refractivity contribution in [3.63, 3.8) is 0 Å². The summed E-state index contributed by atoms with van der Waals surface area (Å²) in [6, 6.07) is 13.0. The Kier molecular flexibility index (Phi) is 4.33. The molecule has 0 aliphatic rings. The zero-order valence-corrected chi connectivity index (χ0v) is 13.8. The number of halogens is 2. The van der Waals surface area contributed by atoms with E-state index in [1.807, 2.05) is 24.1 Å². The average Bonchev–Trinajstić information content (AvgIpc) is 2.56. The van der Waals surface area contributed by atoms with Crippen molar-refractivity contribution in [1.29, 1.82) is 5.26 Å². The monoisotopic (exact) mass is 342 g/mol. The lowest BCUT2D eigenvalue weighted by atomic mass is 10.1. The fourth-order valence-electron chi connectivity index (χ4n) is 2.33. The first kappa shape index (κ1) is 15.5. The number of pyridine rings is 2. The molecule has 2 aromatic heterocycles. The molecule has 0 aliphatic carbocycles. The number of nitrogens with zero attached hydrogens (tertiary/aromatic N) is 4. The van der Waals surface area contributed by atoms with Gasteiger partial charge in [0.25, 0.3) is 0 Å². The van der Waals surface area contributed by atoms with Crippen LogP contribution in [0.5, 0.6) is 0 Å². The minimum atomic E-state index is 0.462. The second kappa shape index (κ2) is 6.41. The van der Waals surface area contributed by atoms with E-state index in [1.54, 1.807) is 30.5 Å². The van der Waals surface area contributed by atoms with Crippen molar-refractivity contribution in [3.05, 3.63) is 63.9 Å². The molecule has 0 N–H and O–H groups in total. The van der Waals surface area contributed by atoms with Crippen molar-refractivity contribution >= 4 is 39.9 Å². The lowest BCUT2D eigenvalue weighted by Gasteiger charge is -2.19. The van der Waals surface area contributed by atoms with Crippen molar-refractivity contribution < 1.29 is 0 Å². The number of benzene rings is 1. The Balaban J connectivity index is 1.97. The molecule has 0 fully saturated rings. The summed E-state index contributed by atoms with van der Waals surface area (Å²) < 4.78 is 0. The van der Waals surface area contributed by atoms with Crippen LogP contribution < -0.4 is 4.90 Å². The third kappa shape index (κ3) is 3.37. The second-order valence-corrected chi connectivity index (χ2v) is 5.97. The molecule has 0 amide bonds. The van der Waals surface area contributed by atoms with E-state index in [-0.39, 0.29) is 0 Å². The van der Waals surface area contributed by atoms with Gasteiger partial charge in [-0.1, -0.05) is 29.3 Å². The van der Waals surface area contributed by atoms with Crippen molar-refractivity contribution in [2.45, 2.75) is 6.54 Å². The number of nitriles is 1. The highest BCUT2D eigenvalue weighted by atomic mass is 35.5. The Morgan fingerprint density at radius 2 is 2.00 bits per heavy atom. The maximum absolute atomic E-state index is 9.39. The van der Waals surface area contributed by atoms with E-state index in [9.17, 15) is 5.26 Å². The largest absolute Gasteiger partial charge is 0.355 e. The van der Waals surface area contributed by atoms with E-state index >= 15 is 0 Å². The normalized spacial score (nSPS) is 10.5. The molecule has 0 saturated heterocycles. The van der Waals surface area contributed by atoms with Gasteiger partial charge in [-0.3, -0.25) is 0 Å². The highest BCUT2D eigenvalue weighted by Crippen LogP contribution is 2.25. The number of rotatable bonds is 3. The molecule has 0 saturated carbocycles. The lowest BCUT2D eigenvalue weighted by Crippen LogP contribution is -2.18. The van der Waals surface area contributed by atoms with Crippen LogP contribution in [0.4, 0.5) is 5.82 Å². The van der Waals surface area contributed by atoms with Crippen LogP contribution in [0.3, 0.4) is 0 Å². The van der Waals surface area contributed by atoms with E-state index in [4.69, 9.17) is 23.2 Å². The fourth-order valence-corrected chi connectivity index (χ4v) is 2.61. The molecule has 0 spiro atoms. The number of hydrogen-bond donors (Lipinski definition) is 0. The maximum Gasteiger partial charge on any atom is 0.130 e. The van der Waals surface area contributed by atoms with Crippen LogP contribution in [0.25, 0.3) is 10.9 Å². The standard InChI is InChI=1S/C17H12Cl2N4/c1-23(10-11-2-5-16(19)21-9-11)17-6-12(8-20)14-7-13(18)3-4-15(14)22-17/h2-7,9H,10H2,1H3. The summed E-state index contributed by atoms with van der Waals surface area (Å²) in [5, 5.41) is 11.2. The molecule has 0 unspecified atom stereocenters. The first-order valence-electron chi connectivity index (χ1n) is 6.89. The summed E-state index contributed by atoms with van der Waals surface area (Å²) in [6.07, 6.45) is 1.73. The van der Waals surface area contributed by atoms with E-state index in [1.165, 1.54) is 0 Å². The highest BCUT2D eigenvalue weighted by molar-refractivity contribution is 6.31. The summed E-state index contributed by atoms with van der Waals surface area (Å²) >= 11 is 11.8. The van der Waals surface area contributed by atoms with Gasteiger partial charge in [0.1, 0.15) is 11.0 Å². The average molecular weight is 343 g/mol. The highest BCUT2D eigenvalue weighted by Gasteiger charge is 2.10. The quantitative estimate of drug-likeness (QED) is 0.660. The Labute approximate surface area is 143 Å². The van der Waals surface area contributed by atoms with Crippen LogP contribution in [-0.4, -0.2) is 17.0 Å². The molecule has 0 aliphatic heterocycles.